The van der Waals surface area contributed by atoms with Crippen molar-refractivity contribution >= 4 is 21.8 Å². The summed E-state index contributed by atoms with van der Waals surface area (Å²) in [7, 11) is 0. The van der Waals surface area contributed by atoms with Crippen molar-refractivity contribution in [2.24, 2.45) is 0 Å². The number of nitrogens with one attached hydrogen (secondary N) is 1. The molecule has 1 amide bonds. The van der Waals surface area contributed by atoms with Gasteiger partial charge in [-0.1, -0.05) is 46.3 Å². The van der Waals surface area contributed by atoms with Gasteiger partial charge in [0.2, 0.25) is 0 Å². The number of aryl methyl sites for hydroxylation is 2. The zero-order valence-electron chi connectivity index (χ0n) is 12.5. The van der Waals surface area contributed by atoms with Crippen molar-refractivity contribution < 1.29 is 4.79 Å². The lowest BCUT2D eigenvalue weighted by atomic mass is 9.93. The zero-order chi connectivity index (χ0) is 15.5. The molecule has 0 bridgehead atoms. The number of pyridine rings is 1. The molecular formula is C17H19BrN2O. The topological polar surface area (TPSA) is 42.0 Å². The number of carbonyl (C=O) groups is 1. The van der Waals surface area contributed by atoms with Gasteiger partial charge >= 0.3 is 0 Å². The third-order valence-corrected chi connectivity index (χ3v) is 4.66. The van der Waals surface area contributed by atoms with Gasteiger partial charge in [0.15, 0.2) is 0 Å². The summed E-state index contributed by atoms with van der Waals surface area (Å²) in [6.07, 6.45) is 0. The lowest BCUT2D eigenvalue weighted by molar-refractivity contribution is 0.0913. The van der Waals surface area contributed by atoms with E-state index in [0.29, 0.717) is 10.9 Å². The monoisotopic (exact) mass is 346 g/mol. The third-order valence-electron chi connectivity index (χ3n) is 3.54. The van der Waals surface area contributed by atoms with Crippen molar-refractivity contribution in [2.45, 2.75) is 26.3 Å². The summed E-state index contributed by atoms with van der Waals surface area (Å²) in [5, 5.41) is 3.74. The fourth-order valence-corrected chi connectivity index (χ4v) is 2.70. The molecule has 1 aromatic heterocycles. The third kappa shape index (κ3) is 3.50. The van der Waals surface area contributed by atoms with Crippen LogP contribution in [0, 0.1) is 13.8 Å². The maximum Gasteiger partial charge on any atom is 0.253 e. The molecule has 0 fully saturated rings. The van der Waals surface area contributed by atoms with Crippen LogP contribution < -0.4 is 5.32 Å². The first kappa shape index (κ1) is 15.7. The fraction of sp³-hybridized carbons (Fsp3) is 0.294. The lowest BCUT2D eigenvalue weighted by Gasteiger charge is -2.29. The molecule has 0 saturated heterocycles. The van der Waals surface area contributed by atoms with Crippen LogP contribution >= 0.6 is 15.9 Å². The highest BCUT2D eigenvalue weighted by molar-refractivity contribution is 9.09. The van der Waals surface area contributed by atoms with Crippen LogP contribution in [0.3, 0.4) is 0 Å². The number of amides is 1. The molecule has 2 aromatic rings. The van der Waals surface area contributed by atoms with Gasteiger partial charge in [0.25, 0.3) is 5.91 Å². The Morgan fingerprint density at radius 3 is 2.43 bits per heavy atom. The van der Waals surface area contributed by atoms with E-state index in [9.17, 15) is 4.79 Å². The van der Waals surface area contributed by atoms with E-state index in [2.05, 4.69) is 26.2 Å². The quantitative estimate of drug-likeness (QED) is 0.856. The average molecular weight is 347 g/mol. The van der Waals surface area contributed by atoms with Crippen LogP contribution in [0.4, 0.5) is 0 Å². The van der Waals surface area contributed by atoms with Gasteiger partial charge < -0.3 is 5.32 Å². The molecule has 4 heteroatoms. The molecule has 0 saturated carbocycles. The van der Waals surface area contributed by atoms with Crippen LogP contribution in [-0.4, -0.2) is 16.2 Å². The van der Waals surface area contributed by atoms with Gasteiger partial charge in [0, 0.05) is 11.0 Å². The van der Waals surface area contributed by atoms with E-state index in [-0.39, 0.29) is 5.91 Å². The molecule has 0 aliphatic heterocycles. The fourth-order valence-electron chi connectivity index (χ4n) is 2.23. The number of benzene rings is 1. The molecule has 21 heavy (non-hydrogen) atoms. The van der Waals surface area contributed by atoms with Crippen LogP contribution in [0.2, 0.25) is 0 Å². The number of aromatic nitrogens is 1. The van der Waals surface area contributed by atoms with Crippen LogP contribution in [0.15, 0.2) is 42.5 Å². The molecule has 110 valence electrons. The number of rotatable bonds is 4. The van der Waals surface area contributed by atoms with Crippen LogP contribution in [0.5, 0.6) is 0 Å². The number of carbonyl (C=O) groups excluding carboxylic acids is 1. The summed E-state index contributed by atoms with van der Waals surface area (Å²) in [4.78, 5) is 16.9. The number of hydrogen-bond donors (Lipinski definition) is 1. The smallest absolute Gasteiger partial charge is 0.253 e. The van der Waals surface area contributed by atoms with E-state index in [1.807, 2.05) is 63.2 Å². The standard InChI is InChI=1S/C17H19BrN2O/c1-12-9-10-15(13(2)19-12)16(21)20-17(3,11-18)14-7-5-4-6-8-14/h4-10H,11H2,1-3H3,(H,20,21). The number of hydrogen-bond acceptors (Lipinski definition) is 2. The predicted octanol–water partition coefficient (Wildman–Crippen LogP) is 3.74. The maximum absolute atomic E-state index is 12.6. The minimum absolute atomic E-state index is 0.106. The molecule has 0 aliphatic rings. The Kier molecular flexibility index (Phi) is 4.78. The van der Waals surface area contributed by atoms with Gasteiger partial charge in [-0.2, -0.15) is 0 Å². The first-order valence-corrected chi connectivity index (χ1v) is 7.96. The van der Waals surface area contributed by atoms with E-state index < -0.39 is 5.54 Å². The van der Waals surface area contributed by atoms with Gasteiger partial charge in [0.1, 0.15) is 0 Å². The highest BCUT2D eigenvalue weighted by atomic mass is 79.9. The molecule has 1 unspecified atom stereocenters. The molecule has 1 N–H and O–H groups in total. The summed E-state index contributed by atoms with van der Waals surface area (Å²) in [5.41, 5.74) is 2.87. The van der Waals surface area contributed by atoms with Gasteiger partial charge in [-0.05, 0) is 38.5 Å². The molecule has 0 aliphatic carbocycles. The Balaban J connectivity index is 2.28. The highest BCUT2D eigenvalue weighted by Gasteiger charge is 2.28. The summed E-state index contributed by atoms with van der Waals surface area (Å²) in [6.45, 7) is 5.78. The largest absolute Gasteiger partial charge is 0.342 e. The van der Waals surface area contributed by atoms with Crippen LogP contribution in [0.1, 0.15) is 34.2 Å². The Morgan fingerprint density at radius 2 is 1.86 bits per heavy atom. The van der Waals surface area contributed by atoms with Gasteiger partial charge in [-0.25, -0.2) is 0 Å². The van der Waals surface area contributed by atoms with Crippen molar-refractivity contribution in [1.29, 1.82) is 0 Å². The van der Waals surface area contributed by atoms with Gasteiger partial charge in [0.05, 0.1) is 16.8 Å². The highest BCUT2D eigenvalue weighted by Crippen LogP contribution is 2.23. The molecule has 3 nitrogen and oxygen atoms in total. The number of alkyl halides is 1. The Morgan fingerprint density at radius 1 is 1.19 bits per heavy atom. The Bertz CT molecular complexity index is 642. The first-order chi connectivity index (χ1) is 9.96. The van der Waals surface area contributed by atoms with Crippen molar-refractivity contribution in [2.75, 3.05) is 5.33 Å². The molecule has 1 aromatic carbocycles. The number of halogens is 1. The van der Waals surface area contributed by atoms with Crippen molar-refractivity contribution in [3.63, 3.8) is 0 Å². The molecule has 2 rings (SSSR count). The summed E-state index contributed by atoms with van der Waals surface area (Å²) in [5.74, 6) is -0.106. The Labute approximate surface area is 133 Å². The van der Waals surface area contributed by atoms with Gasteiger partial charge in [-0.3, -0.25) is 9.78 Å². The molecule has 0 radical (unpaired) electrons. The predicted molar refractivity (Wildman–Crippen MR) is 88.8 cm³/mol. The van der Waals surface area contributed by atoms with Crippen LogP contribution in [-0.2, 0) is 5.54 Å². The summed E-state index contributed by atoms with van der Waals surface area (Å²) >= 11 is 3.51. The Hall–Kier alpha value is -1.68. The van der Waals surface area contributed by atoms with Crippen molar-refractivity contribution in [3.8, 4) is 0 Å². The van der Waals surface area contributed by atoms with E-state index in [4.69, 9.17) is 0 Å². The molecule has 1 heterocycles. The minimum atomic E-state index is -0.463. The molecular weight excluding hydrogens is 328 g/mol. The second-order valence-electron chi connectivity index (χ2n) is 5.37. The average Bonchev–Trinajstić information content (AvgIpc) is 2.47. The summed E-state index contributed by atoms with van der Waals surface area (Å²) in [6, 6.07) is 13.6. The summed E-state index contributed by atoms with van der Waals surface area (Å²) < 4.78 is 0. The van der Waals surface area contributed by atoms with E-state index in [1.165, 1.54) is 0 Å². The lowest BCUT2D eigenvalue weighted by Crippen LogP contribution is -2.45. The van der Waals surface area contributed by atoms with Crippen LogP contribution in [0.25, 0.3) is 0 Å². The van der Waals surface area contributed by atoms with Gasteiger partial charge in [-0.15, -0.1) is 0 Å². The SMILES string of the molecule is Cc1ccc(C(=O)NC(C)(CBr)c2ccccc2)c(C)n1. The van der Waals surface area contributed by atoms with E-state index in [1.54, 1.807) is 0 Å². The second-order valence-corrected chi connectivity index (χ2v) is 5.93. The van der Waals surface area contributed by atoms with E-state index >= 15 is 0 Å². The normalized spacial score (nSPS) is 13.5. The molecule has 0 spiro atoms. The maximum atomic E-state index is 12.6. The first-order valence-electron chi connectivity index (χ1n) is 6.84. The second kappa shape index (κ2) is 6.39. The number of nitrogens with zero attached hydrogens (tertiary/aromatic N) is 1. The minimum Gasteiger partial charge on any atom is -0.342 e. The molecule has 1 atom stereocenters. The zero-order valence-corrected chi connectivity index (χ0v) is 14.1. The van der Waals surface area contributed by atoms with Crippen molar-refractivity contribution in [1.82, 2.24) is 10.3 Å². The van der Waals surface area contributed by atoms with Crippen molar-refractivity contribution in [3.05, 3.63) is 65.0 Å². The van der Waals surface area contributed by atoms with E-state index in [0.717, 1.165) is 17.0 Å².